The van der Waals surface area contributed by atoms with Crippen LogP contribution in [0.3, 0.4) is 0 Å². The van der Waals surface area contributed by atoms with Crippen molar-refractivity contribution in [3.8, 4) is 78.7 Å². The van der Waals surface area contributed by atoms with Crippen LogP contribution in [0.1, 0.15) is 22.3 Å². The predicted molar refractivity (Wildman–Crippen MR) is 269 cm³/mol. The molecule has 0 amide bonds. The van der Waals surface area contributed by atoms with E-state index in [1.54, 1.807) is 0 Å². The van der Waals surface area contributed by atoms with E-state index in [1.165, 1.54) is 54.3 Å². The number of para-hydroxylation sites is 1. The first kappa shape index (κ1) is 38.2. The lowest BCUT2D eigenvalue weighted by Crippen LogP contribution is -2.32. The molecule has 0 bridgehead atoms. The van der Waals surface area contributed by atoms with E-state index in [0.29, 0.717) is 17.5 Å². The molecule has 1 aliphatic heterocycles. The van der Waals surface area contributed by atoms with Crippen molar-refractivity contribution in [1.82, 2.24) is 19.9 Å². The van der Waals surface area contributed by atoms with Crippen LogP contribution in [0.2, 0.25) is 0 Å². The van der Waals surface area contributed by atoms with Crippen LogP contribution in [0.4, 0.5) is 0 Å². The summed E-state index contributed by atoms with van der Waals surface area (Å²) in [6.07, 6.45) is 1.88. The second kappa shape index (κ2) is 15.5. The van der Waals surface area contributed by atoms with Crippen molar-refractivity contribution in [2.75, 3.05) is 0 Å². The van der Waals surface area contributed by atoms with Crippen molar-refractivity contribution in [3.05, 3.63) is 253 Å². The molecule has 66 heavy (non-hydrogen) atoms. The summed E-state index contributed by atoms with van der Waals surface area (Å²) < 4.78 is 0. The van der Waals surface area contributed by atoms with Crippen LogP contribution in [-0.4, -0.2) is 19.9 Å². The van der Waals surface area contributed by atoms with Gasteiger partial charge in [-0.1, -0.05) is 218 Å². The fourth-order valence-electron chi connectivity index (χ4n) is 10.2. The van der Waals surface area contributed by atoms with Gasteiger partial charge in [0.1, 0.15) is 0 Å². The first-order valence-electron chi connectivity index (χ1n) is 22.3. The molecule has 1 aliphatic carbocycles. The van der Waals surface area contributed by atoms with E-state index in [4.69, 9.17) is 19.9 Å². The van der Waals surface area contributed by atoms with E-state index in [1.807, 2.05) is 36.2 Å². The fourth-order valence-corrected chi connectivity index (χ4v) is 11.5. The molecule has 4 nitrogen and oxygen atoms in total. The summed E-state index contributed by atoms with van der Waals surface area (Å²) in [5.41, 5.74) is 17.8. The van der Waals surface area contributed by atoms with Crippen molar-refractivity contribution in [2.24, 2.45) is 0 Å². The van der Waals surface area contributed by atoms with Gasteiger partial charge in [-0.2, -0.15) is 0 Å². The number of rotatable bonds is 6. The van der Waals surface area contributed by atoms with Gasteiger partial charge in [0.2, 0.25) is 0 Å². The number of nitrogens with zero attached hydrogens (tertiary/aromatic N) is 4. The Labute approximate surface area is 387 Å². The topological polar surface area (TPSA) is 51.6 Å². The third kappa shape index (κ3) is 6.16. The van der Waals surface area contributed by atoms with Gasteiger partial charge in [-0.05, 0) is 79.4 Å². The van der Waals surface area contributed by atoms with E-state index in [-0.39, 0.29) is 0 Å². The quantitative estimate of drug-likeness (QED) is 0.167. The van der Waals surface area contributed by atoms with Crippen molar-refractivity contribution in [3.63, 3.8) is 0 Å². The molecule has 0 unspecified atom stereocenters. The van der Waals surface area contributed by atoms with Gasteiger partial charge in [0.05, 0.1) is 10.9 Å². The molecule has 0 saturated heterocycles. The monoisotopic (exact) mass is 858 g/mol. The van der Waals surface area contributed by atoms with Crippen LogP contribution in [0.15, 0.2) is 240 Å². The van der Waals surface area contributed by atoms with E-state index < -0.39 is 5.41 Å². The molecule has 0 radical (unpaired) electrons. The van der Waals surface area contributed by atoms with Gasteiger partial charge in [0, 0.05) is 43.6 Å². The van der Waals surface area contributed by atoms with Crippen LogP contribution in [0.25, 0.3) is 89.6 Å². The molecule has 0 saturated carbocycles. The zero-order chi connectivity index (χ0) is 43.6. The average molecular weight is 859 g/mol. The molecule has 5 heteroatoms. The maximum Gasteiger partial charge on any atom is 0.164 e. The molecular formula is C61H38N4S. The zero-order valence-corrected chi connectivity index (χ0v) is 36.5. The Morgan fingerprint density at radius 2 is 0.727 bits per heavy atom. The number of hydrogen-bond acceptors (Lipinski definition) is 5. The van der Waals surface area contributed by atoms with Gasteiger partial charge in [-0.25, -0.2) is 15.0 Å². The number of aromatic nitrogens is 4. The van der Waals surface area contributed by atoms with E-state index in [9.17, 15) is 0 Å². The molecule has 9 aromatic carbocycles. The molecule has 0 atom stereocenters. The molecule has 0 N–H and O–H groups in total. The van der Waals surface area contributed by atoms with Gasteiger partial charge < -0.3 is 0 Å². The molecule has 2 aliphatic rings. The Morgan fingerprint density at radius 1 is 0.303 bits per heavy atom. The van der Waals surface area contributed by atoms with E-state index in [0.717, 1.165) is 49.8 Å². The van der Waals surface area contributed by atoms with E-state index in [2.05, 4.69) is 206 Å². The lowest BCUT2D eigenvalue weighted by Gasteiger charge is -2.40. The SMILES string of the molecule is c1ccc(-c2ccc(-c3nc(-c4ccc(-c5ccccc5)cc4)nc(-c4ccc5c(c4)Sc4cc(-c6cccc7cccnc67)ccc4C54c5ccccc5-c5ccccc54)n3)cc2)cc1. The summed E-state index contributed by atoms with van der Waals surface area (Å²) in [6, 6.07) is 80.3. The summed E-state index contributed by atoms with van der Waals surface area (Å²) in [4.78, 5) is 22.9. The fraction of sp³-hybridized carbons (Fsp3) is 0.0164. The first-order valence-corrected chi connectivity index (χ1v) is 23.1. The van der Waals surface area contributed by atoms with Gasteiger partial charge in [0.15, 0.2) is 17.5 Å². The van der Waals surface area contributed by atoms with Crippen molar-refractivity contribution in [2.45, 2.75) is 15.2 Å². The Balaban J connectivity index is 0.991. The lowest BCUT2D eigenvalue weighted by molar-refractivity contribution is 0.722. The predicted octanol–water partition coefficient (Wildman–Crippen LogP) is 15.2. The Bertz CT molecular complexity index is 3510. The zero-order valence-electron chi connectivity index (χ0n) is 35.6. The summed E-state index contributed by atoms with van der Waals surface area (Å²) in [6.45, 7) is 0. The van der Waals surface area contributed by atoms with Gasteiger partial charge in [0.25, 0.3) is 0 Å². The molecular weight excluding hydrogens is 821 g/mol. The van der Waals surface area contributed by atoms with E-state index >= 15 is 0 Å². The van der Waals surface area contributed by atoms with Gasteiger partial charge in [-0.3, -0.25) is 4.98 Å². The highest BCUT2D eigenvalue weighted by Gasteiger charge is 2.50. The molecule has 1 spiro atoms. The first-order chi connectivity index (χ1) is 32.7. The highest BCUT2D eigenvalue weighted by Crippen LogP contribution is 2.62. The largest absolute Gasteiger partial charge is 0.256 e. The summed E-state index contributed by atoms with van der Waals surface area (Å²) in [5.74, 6) is 1.88. The van der Waals surface area contributed by atoms with Crippen LogP contribution >= 0.6 is 11.8 Å². The number of fused-ring (bicyclic) bond motifs is 10. The minimum absolute atomic E-state index is 0.534. The summed E-state index contributed by atoms with van der Waals surface area (Å²) in [5, 5.41) is 1.13. The van der Waals surface area contributed by atoms with Crippen molar-refractivity contribution in [1.29, 1.82) is 0 Å². The molecule has 3 heterocycles. The second-order valence-electron chi connectivity index (χ2n) is 16.9. The minimum Gasteiger partial charge on any atom is -0.256 e. The third-order valence-electron chi connectivity index (χ3n) is 13.3. The Hall–Kier alpha value is -8.25. The molecule has 2 aromatic heterocycles. The summed E-state index contributed by atoms with van der Waals surface area (Å²) in [7, 11) is 0. The van der Waals surface area contributed by atoms with Gasteiger partial charge >= 0.3 is 0 Å². The number of pyridine rings is 1. The van der Waals surface area contributed by atoms with Gasteiger partial charge in [-0.15, -0.1) is 0 Å². The molecule has 0 fully saturated rings. The van der Waals surface area contributed by atoms with Crippen LogP contribution in [0.5, 0.6) is 0 Å². The summed E-state index contributed by atoms with van der Waals surface area (Å²) >= 11 is 1.82. The van der Waals surface area contributed by atoms with Crippen LogP contribution in [0, 0.1) is 0 Å². The second-order valence-corrected chi connectivity index (χ2v) is 18.0. The third-order valence-corrected chi connectivity index (χ3v) is 14.4. The highest BCUT2D eigenvalue weighted by molar-refractivity contribution is 7.99. The van der Waals surface area contributed by atoms with Crippen molar-refractivity contribution >= 4 is 22.7 Å². The Morgan fingerprint density at radius 3 is 1.30 bits per heavy atom. The minimum atomic E-state index is -0.534. The molecule has 11 aromatic rings. The number of hydrogen-bond donors (Lipinski definition) is 0. The smallest absolute Gasteiger partial charge is 0.164 e. The lowest BCUT2D eigenvalue weighted by atomic mass is 9.67. The maximum absolute atomic E-state index is 5.27. The maximum atomic E-state index is 5.27. The van der Waals surface area contributed by atoms with Crippen LogP contribution < -0.4 is 0 Å². The normalized spacial score (nSPS) is 12.9. The number of benzene rings is 9. The standard InChI is InChI=1S/C61H38N4S/c1-3-13-39(14-4-1)41-24-28-44(29-25-41)58-63-59(45-30-26-42(27-31-45)40-15-5-2-6-16-40)65-60(64-58)47-33-35-54-56(38-47)66-55-37-46(48-21-11-17-43-18-12-36-62-57(43)48)32-34-53(55)61(54)51-22-9-7-19-49(51)50-20-8-10-23-52(50)61/h1-38H. The Kier molecular flexibility index (Phi) is 8.97. The average Bonchev–Trinajstić information content (AvgIpc) is 3.69. The van der Waals surface area contributed by atoms with Crippen molar-refractivity contribution < 1.29 is 0 Å². The van der Waals surface area contributed by atoms with Crippen LogP contribution in [-0.2, 0) is 5.41 Å². The molecule has 13 rings (SSSR count). The highest BCUT2D eigenvalue weighted by atomic mass is 32.2. The molecule has 308 valence electrons.